The van der Waals surface area contributed by atoms with Crippen molar-refractivity contribution in [1.29, 1.82) is 0 Å². The molecule has 3 heteroatoms. The molecule has 0 spiro atoms. The molecule has 92 valence electrons. The van der Waals surface area contributed by atoms with E-state index in [1.54, 1.807) is 18.7 Å². The van der Waals surface area contributed by atoms with Crippen LogP contribution in [-0.4, -0.2) is 5.78 Å². The van der Waals surface area contributed by atoms with Crippen molar-refractivity contribution in [3.05, 3.63) is 58.1 Å². The summed E-state index contributed by atoms with van der Waals surface area (Å²) in [5.74, 6) is 0.0857. The first-order valence-corrected chi connectivity index (χ1v) is 7.22. The molecule has 2 aromatic carbocycles. The van der Waals surface area contributed by atoms with E-state index in [-0.39, 0.29) is 5.78 Å². The fraction of sp³-hybridized carbons (Fsp3) is 0.133. The van der Waals surface area contributed by atoms with Crippen molar-refractivity contribution < 1.29 is 4.79 Å². The highest BCUT2D eigenvalue weighted by atomic mass is 79.9. The predicted octanol–water partition coefficient (Wildman–Crippen LogP) is 5.11. The van der Waals surface area contributed by atoms with Crippen LogP contribution in [0.15, 0.2) is 56.7 Å². The van der Waals surface area contributed by atoms with Gasteiger partial charge in [-0.15, -0.1) is 0 Å². The third-order valence-corrected chi connectivity index (χ3v) is 4.59. The van der Waals surface area contributed by atoms with E-state index in [1.807, 2.05) is 18.2 Å². The zero-order valence-electron chi connectivity index (χ0n) is 10.2. The molecule has 2 aromatic rings. The van der Waals surface area contributed by atoms with Crippen molar-refractivity contribution in [3.63, 3.8) is 0 Å². The fourth-order valence-corrected chi connectivity index (χ4v) is 2.98. The van der Waals surface area contributed by atoms with Crippen molar-refractivity contribution in [1.82, 2.24) is 0 Å². The Morgan fingerprint density at radius 2 is 1.78 bits per heavy atom. The smallest absolute Gasteiger partial charge is 0.159 e. The minimum absolute atomic E-state index is 0.0857. The first-order valence-electron chi connectivity index (χ1n) is 5.61. The molecule has 0 amide bonds. The number of aryl methyl sites for hydroxylation is 1. The van der Waals surface area contributed by atoms with Crippen LogP contribution >= 0.6 is 27.7 Å². The number of ketones is 1. The lowest BCUT2D eigenvalue weighted by molar-refractivity contribution is 0.101. The van der Waals surface area contributed by atoms with Crippen LogP contribution in [0.5, 0.6) is 0 Å². The number of rotatable bonds is 3. The van der Waals surface area contributed by atoms with E-state index in [2.05, 4.69) is 47.1 Å². The first-order chi connectivity index (χ1) is 8.56. The van der Waals surface area contributed by atoms with E-state index >= 15 is 0 Å². The molecular formula is C15H13BrOS. The van der Waals surface area contributed by atoms with Gasteiger partial charge in [0.2, 0.25) is 0 Å². The standard InChI is InChI=1S/C15H13BrOS/c1-10-3-6-13(7-4-10)18-15-8-5-12(11(2)17)9-14(15)16/h3-9H,1-2H3. The van der Waals surface area contributed by atoms with Crippen molar-refractivity contribution in [2.24, 2.45) is 0 Å². The number of hydrogen-bond donors (Lipinski definition) is 0. The number of carbonyl (C=O) groups excluding carboxylic acids is 1. The summed E-state index contributed by atoms with van der Waals surface area (Å²) < 4.78 is 0.959. The van der Waals surface area contributed by atoms with Gasteiger partial charge in [-0.3, -0.25) is 4.79 Å². The molecule has 0 aromatic heterocycles. The minimum Gasteiger partial charge on any atom is -0.295 e. The second-order valence-corrected chi connectivity index (χ2v) is 6.09. The lowest BCUT2D eigenvalue weighted by Gasteiger charge is -2.06. The predicted molar refractivity (Wildman–Crippen MR) is 79.4 cm³/mol. The van der Waals surface area contributed by atoms with Gasteiger partial charge in [0, 0.05) is 19.8 Å². The molecule has 0 aliphatic heterocycles. The monoisotopic (exact) mass is 320 g/mol. The molecule has 0 atom stereocenters. The van der Waals surface area contributed by atoms with Crippen LogP contribution in [0.25, 0.3) is 0 Å². The molecular weight excluding hydrogens is 308 g/mol. The molecule has 18 heavy (non-hydrogen) atoms. The summed E-state index contributed by atoms with van der Waals surface area (Å²) in [7, 11) is 0. The maximum absolute atomic E-state index is 11.3. The average Bonchev–Trinajstić information content (AvgIpc) is 2.34. The SMILES string of the molecule is CC(=O)c1ccc(Sc2ccc(C)cc2)c(Br)c1. The third kappa shape index (κ3) is 3.24. The molecule has 0 radical (unpaired) electrons. The van der Waals surface area contributed by atoms with Crippen LogP contribution in [-0.2, 0) is 0 Å². The lowest BCUT2D eigenvalue weighted by Crippen LogP contribution is -1.91. The van der Waals surface area contributed by atoms with E-state index in [1.165, 1.54) is 10.5 Å². The third-order valence-electron chi connectivity index (χ3n) is 2.59. The highest BCUT2D eigenvalue weighted by Gasteiger charge is 2.06. The largest absolute Gasteiger partial charge is 0.295 e. The molecule has 0 heterocycles. The molecule has 0 unspecified atom stereocenters. The van der Waals surface area contributed by atoms with Gasteiger partial charge < -0.3 is 0 Å². The summed E-state index contributed by atoms with van der Waals surface area (Å²) in [4.78, 5) is 13.6. The second-order valence-electron chi connectivity index (χ2n) is 4.12. The van der Waals surface area contributed by atoms with Crippen molar-refractivity contribution in [2.75, 3.05) is 0 Å². The van der Waals surface area contributed by atoms with Crippen LogP contribution in [0.1, 0.15) is 22.8 Å². The summed E-state index contributed by atoms with van der Waals surface area (Å²) in [6.45, 7) is 3.65. The summed E-state index contributed by atoms with van der Waals surface area (Å²) >= 11 is 5.20. The van der Waals surface area contributed by atoms with Gasteiger partial charge in [0.1, 0.15) is 0 Å². The van der Waals surface area contributed by atoms with Crippen molar-refractivity contribution in [3.8, 4) is 0 Å². The number of carbonyl (C=O) groups is 1. The van der Waals surface area contributed by atoms with Gasteiger partial charge in [0.25, 0.3) is 0 Å². The van der Waals surface area contributed by atoms with E-state index in [0.717, 1.165) is 14.9 Å². The highest BCUT2D eigenvalue weighted by Crippen LogP contribution is 2.34. The molecule has 0 saturated heterocycles. The molecule has 0 aliphatic rings. The van der Waals surface area contributed by atoms with E-state index in [4.69, 9.17) is 0 Å². The van der Waals surface area contributed by atoms with Crippen LogP contribution in [0, 0.1) is 6.92 Å². The van der Waals surface area contributed by atoms with Gasteiger partial charge in [0.05, 0.1) is 0 Å². The maximum Gasteiger partial charge on any atom is 0.159 e. The number of halogens is 1. The second kappa shape index (κ2) is 5.72. The molecule has 1 nitrogen and oxygen atoms in total. The maximum atomic E-state index is 11.3. The van der Waals surface area contributed by atoms with Gasteiger partial charge in [-0.2, -0.15) is 0 Å². The number of Topliss-reactive ketones (excluding diaryl/α,β-unsaturated/α-hetero) is 1. The molecule has 0 aliphatic carbocycles. The van der Waals surface area contributed by atoms with Gasteiger partial charge in [-0.25, -0.2) is 0 Å². The fourth-order valence-electron chi connectivity index (χ4n) is 1.54. The Morgan fingerprint density at radius 3 is 2.33 bits per heavy atom. The summed E-state index contributed by atoms with van der Waals surface area (Å²) in [5, 5.41) is 0. The summed E-state index contributed by atoms with van der Waals surface area (Å²) in [5.41, 5.74) is 1.99. The normalized spacial score (nSPS) is 10.4. The summed E-state index contributed by atoms with van der Waals surface area (Å²) in [6, 6.07) is 14.1. The van der Waals surface area contributed by atoms with Gasteiger partial charge in [0.15, 0.2) is 5.78 Å². The zero-order valence-corrected chi connectivity index (χ0v) is 12.6. The van der Waals surface area contributed by atoms with E-state index in [9.17, 15) is 4.79 Å². The molecule has 0 bridgehead atoms. The Hall–Kier alpha value is -1.06. The molecule has 0 N–H and O–H groups in total. The van der Waals surface area contributed by atoms with Crippen LogP contribution < -0.4 is 0 Å². The molecule has 0 saturated carbocycles. The van der Waals surface area contributed by atoms with Gasteiger partial charge in [-0.1, -0.05) is 35.5 Å². The number of benzene rings is 2. The Morgan fingerprint density at radius 1 is 1.11 bits per heavy atom. The molecule has 2 rings (SSSR count). The topological polar surface area (TPSA) is 17.1 Å². The van der Waals surface area contributed by atoms with Crippen molar-refractivity contribution in [2.45, 2.75) is 23.6 Å². The Balaban J connectivity index is 2.24. The highest BCUT2D eigenvalue weighted by molar-refractivity contribution is 9.10. The number of hydrogen-bond acceptors (Lipinski definition) is 2. The lowest BCUT2D eigenvalue weighted by atomic mass is 10.2. The first kappa shape index (κ1) is 13.4. The van der Waals surface area contributed by atoms with Gasteiger partial charge in [-0.05, 0) is 54.0 Å². The Labute approximate surface area is 120 Å². The molecule has 0 fully saturated rings. The Bertz CT molecular complexity index is 576. The minimum atomic E-state index is 0.0857. The average molecular weight is 321 g/mol. The summed E-state index contributed by atoms with van der Waals surface area (Å²) in [6.07, 6.45) is 0. The Kier molecular flexibility index (Phi) is 4.25. The van der Waals surface area contributed by atoms with E-state index < -0.39 is 0 Å². The van der Waals surface area contributed by atoms with Crippen LogP contribution in [0.4, 0.5) is 0 Å². The van der Waals surface area contributed by atoms with Crippen LogP contribution in [0.3, 0.4) is 0 Å². The zero-order chi connectivity index (χ0) is 13.1. The van der Waals surface area contributed by atoms with Crippen LogP contribution in [0.2, 0.25) is 0 Å². The van der Waals surface area contributed by atoms with E-state index in [0.29, 0.717) is 0 Å². The van der Waals surface area contributed by atoms with Crippen molar-refractivity contribution >= 4 is 33.5 Å². The quantitative estimate of drug-likeness (QED) is 0.731. The van der Waals surface area contributed by atoms with Gasteiger partial charge >= 0.3 is 0 Å².